The monoisotopic (exact) mass is 363 g/mol. The summed E-state index contributed by atoms with van der Waals surface area (Å²) in [5, 5.41) is 7.67. The van der Waals surface area contributed by atoms with Gasteiger partial charge < -0.3 is 15.5 Å². The topological polar surface area (TPSA) is 88.9 Å². The molecule has 1 aliphatic rings. The Kier molecular flexibility index (Phi) is 4.47. The molecule has 0 atom stereocenters. The Hall–Kier alpha value is -3.39. The molecule has 0 radical (unpaired) electrons. The van der Waals surface area contributed by atoms with Crippen LogP contribution in [0.4, 0.5) is 5.82 Å². The average molecular weight is 363 g/mol. The van der Waals surface area contributed by atoms with Crippen molar-refractivity contribution in [1.82, 2.24) is 30.6 Å². The summed E-state index contributed by atoms with van der Waals surface area (Å²) in [5.41, 5.74) is 11.8. The number of methoxy groups -OCH3 is 1. The second-order valence-corrected chi connectivity index (χ2v) is 6.37. The molecule has 8 nitrogen and oxygen atoms in total. The summed E-state index contributed by atoms with van der Waals surface area (Å²) in [7, 11) is 3.58. The van der Waals surface area contributed by atoms with Crippen LogP contribution in [-0.2, 0) is 11.8 Å². The molecule has 0 saturated heterocycles. The number of nitrogens with zero attached hydrogens (tertiary/aromatic N) is 4. The number of aryl methyl sites for hydroxylation is 2. The first-order chi connectivity index (χ1) is 13.1. The highest BCUT2D eigenvalue weighted by atomic mass is 16.5. The van der Waals surface area contributed by atoms with E-state index in [9.17, 15) is 0 Å². The van der Waals surface area contributed by atoms with Crippen LogP contribution in [0.25, 0.3) is 22.2 Å². The Morgan fingerprint density at radius 2 is 2.15 bits per heavy atom. The van der Waals surface area contributed by atoms with E-state index in [0.717, 1.165) is 45.1 Å². The zero-order chi connectivity index (χ0) is 18.8. The zero-order valence-corrected chi connectivity index (χ0v) is 15.4. The third-order valence-electron chi connectivity index (χ3n) is 4.23. The van der Waals surface area contributed by atoms with Gasteiger partial charge in [0.25, 0.3) is 0 Å². The Morgan fingerprint density at radius 1 is 1.26 bits per heavy atom. The van der Waals surface area contributed by atoms with E-state index < -0.39 is 0 Å². The first kappa shape index (κ1) is 17.0. The van der Waals surface area contributed by atoms with Gasteiger partial charge >= 0.3 is 0 Å². The van der Waals surface area contributed by atoms with Crippen LogP contribution in [0.1, 0.15) is 5.69 Å². The van der Waals surface area contributed by atoms with Crippen LogP contribution in [0, 0.1) is 6.92 Å². The molecule has 0 bridgehead atoms. The van der Waals surface area contributed by atoms with Crippen LogP contribution in [0.3, 0.4) is 0 Å². The summed E-state index contributed by atoms with van der Waals surface area (Å²) < 4.78 is 6.97. The minimum atomic E-state index is 0.531. The smallest absolute Gasteiger partial charge is 0.132 e. The third-order valence-corrected chi connectivity index (χ3v) is 4.23. The molecule has 4 heterocycles. The van der Waals surface area contributed by atoms with Crippen molar-refractivity contribution in [2.24, 2.45) is 7.05 Å². The highest BCUT2D eigenvalue weighted by Gasteiger charge is 2.10. The lowest BCUT2D eigenvalue weighted by Crippen LogP contribution is -2.33. The van der Waals surface area contributed by atoms with E-state index in [0.29, 0.717) is 6.61 Å². The van der Waals surface area contributed by atoms with Crippen molar-refractivity contribution in [2.75, 3.05) is 19.0 Å². The van der Waals surface area contributed by atoms with Crippen molar-refractivity contribution in [3.63, 3.8) is 0 Å². The van der Waals surface area contributed by atoms with Crippen LogP contribution in [0.15, 0.2) is 54.3 Å². The Morgan fingerprint density at radius 3 is 2.93 bits per heavy atom. The van der Waals surface area contributed by atoms with Crippen molar-refractivity contribution in [3.8, 4) is 11.1 Å². The lowest BCUT2D eigenvalue weighted by molar-refractivity contribution is 0.227. The van der Waals surface area contributed by atoms with Crippen molar-refractivity contribution < 1.29 is 4.74 Å². The molecule has 0 spiro atoms. The fraction of sp³-hybridized carbons (Fsp3) is 0.211. The molecular weight excluding hydrogens is 342 g/mol. The minimum absolute atomic E-state index is 0.531. The molecule has 0 unspecified atom stereocenters. The number of nitrogens with one attached hydrogen (secondary N) is 3. The van der Waals surface area contributed by atoms with E-state index in [1.54, 1.807) is 11.8 Å². The summed E-state index contributed by atoms with van der Waals surface area (Å²) in [6, 6.07) is 5.89. The van der Waals surface area contributed by atoms with Gasteiger partial charge in [-0.3, -0.25) is 15.1 Å². The minimum Gasteiger partial charge on any atom is -0.380 e. The van der Waals surface area contributed by atoms with E-state index in [1.165, 1.54) is 0 Å². The zero-order valence-electron chi connectivity index (χ0n) is 15.4. The molecule has 0 aromatic carbocycles. The molecule has 0 aliphatic carbocycles. The maximum atomic E-state index is 5.16. The molecule has 0 amide bonds. The molecular formula is C19H21N7O. The van der Waals surface area contributed by atoms with Crippen LogP contribution < -0.4 is 16.2 Å². The summed E-state index contributed by atoms with van der Waals surface area (Å²) >= 11 is 0. The summed E-state index contributed by atoms with van der Waals surface area (Å²) in [6.45, 7) is 2.52. The van der Waals surface area contributed by atoms with Gasteiger partial charge in [0.1, 0.15) is 11.6 Å². The third kappa shape index (κ3) is 3.61. The summed E-state index contributed by atoms with van der Waals surface area (Å²) in [4.78, 5) is 9.24. The highest BCUT2D eigenvalue weighted by Crippen LogP contribution is 2.25. The van der Waals surface area contributed by atoms with Crippen LogP contribution in [0.2, 0.25) is 0 Å². The van der Waals surface area contributed by atoms with Gasteiger partial charge in [-0.15, -0.1) is 0 Å². The van der Waals surface area contributed by atoms with E-state index in [2.05, 4.69) is 26.3 Å². The van der Waals surface area contributed by atoms with Gasteiger partial charge in [0.2, 0.25) is 0 Å². The largest absolute Gasteiger partial charge is 0.380 e. The molecule has 27 heavy (non-hydrogen) atoms. The number of aromatic nitrogens is 4. The first-order valence-electron chi connectivity index (χ1n) is 8.58. The molecule has 138 valence electrons. The Labute approximate surface area is 156 Å². The number of rotatable bonds is 5. The molecule has 8 heteroatoms. The highest BCUT2D eigenvalue weighted by molar-refractivity contribution is 5.82. The molecule has 3 N–H and O–H groups in total. The van der Waals surface area contributed by atoms with Crippen molar-refractivity contribution in [3.05, 3.63) is 60.0 Å². The normalized spacial score (nSPS) is 13.6. The second kappa shape index (κ2) is 7.08. The molecule has 0 saturated carbocycles. The maximum absolute atomic E-state index is 5.16. The number of hydrazine groups is 1. The SMILES string of the molecule is COCC1=CNNC(Nc2ccc3ncc(-c4cn(C)nc4C)cc3n2)=C1. The van der Waals surface area contributed by atoms with E-state index in [-0.39, 0.29) is 0 Å². The fourth-order valence-electron chi connectivity index (χ4n) is 3.03. The number of fused-ring (bicyclic) bond motifs is 1. The van der Waals surface area contributed by atoms with E-state index >= 15 is 0 Å². The van der Waals surface area contributed by atoms with Crippen molar-refractivity contribution >= 4 is 16.9 Å². The van der Waals surface area contributed by atoms with Crippen molar-refractivity contribution in [2.45, 2.75) is 6.92 Å². The van der Waals surface area contributed by atoms with Gasteiger partial charge in [-0.2, -0.15) is 5.10 Å². The van der Waals surface area contributed by atoms with Gasteiger partial charge in [-0.25, -0.2) is 4.98 Å². The van der Waals surface area contributed by atoms with Crippen molar-refractivity contribution in [1.29, 1.82) is 0 Å². The quantitative estimate of drug-likeness (QED) is 0.640. The first-order valence-corrected chi connectivity index (χ1v) is 8.58. The van der Waals surface area contributed by atoms with E-state index in [4.69, 9.17) is 9.72 Å². The molecule has 0 fully saturated rings. The number of ether oxygens (including phenoxy) is 1. The van der Waals surface area contributed by atoms with E-state index in [1.807, 2.05) is 56.8 Å². The van der Waals surface area contributed by atoms with Crippen LogP contribution in [-0.4, -0.2) is 33.5 Å². The van der Waals surface area contributed by atoms with Gasteiger partial charge in [0.15, 0.2) is 0 Å². The summed E-state index contributed by atoms with van der Waals surface area (Å²) in [5.74, 6) is 1.52. The molecule has 3 aromatic heterocycles. The second-order valence-electron chi connectivity index (χ2n) is 6.37. The number of anilines is 1. The number of hydrogen-bond acceptors (Lipinski definition) is 7. The molecule has 3 aromatic rings. The van der Waals surface area contributed by atoms with Crippen LogP contribution in [0.5, 0.6) is 0 Å². The Bertz CT molecular complexity index is 1050. The van der Waals surface area contributed by atoms with Gasteiger partial charge in [-0.05, 0) is 36.8 Å². The molecule has 1 aliphatic heterocycles. The number of hydrogen-bond donors (Lipinski definition) is 3. The fourth-order valence-corrected chi connectivity index (χ4v) is 3.03. The lowest BCUT2D eigenvalue weighted by Gasteiger charge is -2.18. The maximum Gasteiger partial charge on any atom is 0.132 e. The average Bonchev–Trinajstić information content (AvgIpc) is 3.00. The van der Waals surface area contributed by atoms with Gasteiger partial charge in [-0.1, -0.05) is 0 Å². The lowest BCUT2D eigenvalue weighted by atomic mass is 10.1. The number of pyridine rings is 2. The van der Waals surface area contributed by atoms with Crippen LogP contribution >= 0.6 is 0 Å². The predicted molar refractivity (Wildman–Crippen MR) is 104 cm³/mol. The van der Waals surface area contributed by atoms with Gasteiger partial charge in [0.05, 0.1) is 23.3 Å². The Balaban J connectivity index is 1.63. The standard InChI is InChI=1S/C19H21N7O/c1-12-15(10-26(2)25-12)14-7-17-16(20-9-14)4-5-18(22-17)23-19-6-13(11-27-3)8-21-24-19/h4-10,21,24H,11H2,1-3H3,(H,22,23). The van der Waals surface area contributed by atoms with Gasteiger partial charge in [0, 0.05) is 43.9 Å². The predicted octanol–water partition coefficient (Wildman–Crippen LogP) is 2.23. The summed E-state index contributed by atoms with van der Waals surface area (Å²) in [6.07, 6.45) is 7.68. The molecule has 4 rings (SSSR count).